The Balaban J connectivity index is 1.53. The fourth-order valence-electron chi connectivity index (χ4n) is 2.91. The number of thioether (sulfide) groups is 1. The molecule has 1 N–H and O–H groups in total. The number of carboxylic acid groups (broad SMARTS) is 1. The highest BCUT2D eigenvalue weighted by Gasteiger charge is 2.12. The summed E-state index contributed by atoms with van der Waals surface area (Å²) < 4.78 is 17.9. The first-order chi connectivity index (χ1) is 15.4. The van der Waals surface area contributed by atoms with Crippen molar-refractivity contribution in [1.82, 2.24) is 0 Å². The third-order valence-electron chi connectivity index (χ3n) is 4.50. The van der Waals surface area contributed by atoms with Gasteiger partial charge in [0.25, 0.3) is 0 Å². The van der Waals surface area contributed by atoms with Crippen LogP contribution in [0.25, 0.3) is 0 Å². The predicted octanol–water partition coefficient (Wildman–Crippen LogP) is 6.85. The van der Waals surface area contributed by atoms with Crippen molar-refractivity contribution >= 4 is 29.3 Å². The molecule has 0 heterocycles. The molecule has 0 unspecified atom stereocenters. The lowest BCUT2D eigenvalue weighted by molar-refractivity contribution is -0.133. The monoisotopic (exact) mass is 472 g/mol. The van der Waals surface area contributed by atoms with E-state index in [-0.39, 0.29) is 11.9 Å². The SMILES string of the molecule is Cc1cc(OCC[C@@H](C)Oc2ccc(Cl)cc2Oc2ccccc2)ccc1SCC(=O)O. The molecule has 3 aromatic rings. The van der Waals surface area contributed by atoms with E-state index >= 15 is 0 Å². The van der Waals surface area contributed by atoms with Gasteiger partial charge < -0.3 is 19.3 Å². The molecule has 0 saturated carbocycles. The van der Waals surface area contributed by atoms with Gasteiger partial charge in [-0.15, -0.1) is 11.8 Å². The first-order valence-electron chi connectivity index (χ1n) is 10.2. The molecule has 7 heteroatoms. The number of hydrogen-bond donors (Lipinski definition) is 1. The van der Waals surface area contributed by atoms with Crippen molar-refractivity contribution in [3.63, 3.8) is 0 Å². The molecule has 0 aliphatic heterocycles. The average Bonchev–Trinajstić information content (AvgIpc) is 2.76. The third kappa shape index (κ3) is 7.39. The highest BCUT2D eigenvalue weighted by Crippen LogP contribution is 2.35. The van der Waals surface area contributed by atoms with E-state index in [1.54, 1.807) is 18.2 Å². The number of carbonyl (C=O) groups is 1. The maximum atomic E-state index is 10.7. The number of aryl methyl sites for hydroxylation is 1. The summed E-state index contributed by atoms with van der Waals surface area (Å²) in [7, 11) is 0. The van der Waals surface area contributed by atoms with E-state index in [0.29, 0.717) is 35.3 Å². The number of aliphatic carboxylic acids is 1. The van der Waals surface area contributed by atoms with Gasteiger partial charge >= 0.3 is 5.97 Å². The van der Waals surface area contributed by atoms with Crippen molar-refractivity contribution < 1.29 is 24.1 Å². The lowest BCUT2D eigenvalue weighted by Crippen LogP contribution is -2.16. The van der Waals surface area contributed by atoms with E-state index in [2.05, 4.69) is 0 Å². The van der Waals surface area contributed by atoms with Gasteiger partial charge in [0.15, 0.2) is 11.5 Å². The van der Waals surface area contributed by atoms with Crippen molar-refractivity contribution in [3.8, 4) is 23.0 Å². The van der Waals surface area contributed by atoms with Gasteiger partial charge in [-0.05, 0) is 61.9 Å². The molecular weight excluding hydrogens is 448 g/mol. The summed E-state index contributed by atoms with van der Waals surface area (Å²) in [5, 5.41) is 9.40. The fourth-order valence-corrected chi connectivity index (χ4v) is 3.80. The van der Waals surface area contributed by atoms with Crippen molar-refractivity contribution in [1.29, 1.82) is 0 Å². The quantitative estimate of drug-likeness (QED) is 0.308. The summed E-state index contributed by atoms with van der Waals surface area (Å²) in [6.45, 7) is 4.39. The van der Waals surface area contributed by atoms with E-state index in [9.17, 15) is 4.79 Å². The summed E-state index contributed by atoms with van der Waals surface area (Å²) in [5.41, 5.74) is 0.988. The van der Waals surface area contributed by atoms with Crippen molar-refractivity contribution in [3.05, 3.63) is 77.3 Å². The average molecular weight is 473 g/mol. The molecule has 32 heavy (non-hydrogen) atoms. The maximum Gasteiger partial charge on any atom is 0.313 e. The third-order valence-corrected chi connectivity index (χ3v) is 5.89. The second-order valence-electron chi connectivity index (χ2n) is 7.18. The molecule has 168 valence electrons. The summed E-state index contributed by atoms with van der Waals surface area (Å²) in [4.78, 5) is 11.7. The van der Waals surface area contributed by atoms with Crippen LogP contribution in [0, 0.1) is 6.92 Å². The van der Waals surface area contributed by atoms with Crippen LogP contribution in [0.3, 0.4) is 0 Å². The van der Waals surface area contributed by atoms with Gasteiger partial charge in [-0.2, -0.15) is 0 Å². The lowest BCUT2D eigenvalue weighted by Gasteiger charge is -2.18. The molecule has 0 radical (unpaired) electrons. The van der Waals surface area contributed by atoms with Gasteiger partial charge in [-0.25, -0.2) is 0 Å². The lowest BCUT2D eigenvalue weighted by atomic mass is 10.2. The molecule has 3 aromatic carbocycles. The van der Waals surface area contributed by atoms with Gasteiger partial charge in [0.2, 0.25) is 0 Å². The molecule has 0 aliphatic carbocycles. The molecule has 5 nitrogen and oxygen atoms in total. The molecule has 0 saturated heterocycles. The number of ether oxygens (including phenoxy) is 3. The van der Waals surface area contributed by atoms with Gasteiger partial charge in [-0.1, -0.05) is 29.8 Å². The van der Waals surface area contributed by atoms with Crippen molar-refractivity contribution in [2.45, 2.75) is 31.3 Å². The Kier molecular flexibility index (Phi) is 8.71. The van der Waals surface area contributed by atoms with Crippen LogP contribution in [0.2, 0.25) is 5.02 Å². The summed E-state index contributed by atoms with van der Waals surface area (Å²) in [6.07, 6.45) is 0.558. The molecule has 0 fully saturated rings. The van der Waals surface area contributed by atoms with Crippen LogP contribution < -0.4 is 14.2 Å². The molecular formula is C25H25ClO5S. The molecule has 3 rings (SSSR count). The minimum Gasteiger partial charge on any atom is -0.493 e. The standard InChI is InChI=1S/C25H25ClO5S/c1-17-14-21(9-11-24(17)32-16-25(27)28)29-13-12-18(2)30-22-10-8-19(26)15-23(22)31-20-6-4-3-5-7-20/h3-11,14-15,18H,12-13,16H2,1-2H3,(H,27,28)/t18-/m1/s1. The van der Waals surface area contributed by atoms with E-state index in [0.717, 1.165) is 16.2 Å². The number of rotatable bonds is 11. The van der Waals surface area contributed by atoms with Gasteiger partial charge in [-0.3, -0.25) is 4.79 Å². The molecule has 0 aromatic heterocycles. The topological polar surface area (TPSA) is 65.0 Å². The van der Waals surface area contributed by atoms with Crippen LogP contribution in [0.4, 0.5) is 0 Å². The smallest absolute Gasteiger partial charge is 0.313 e. The Hall–Kier alpha value is -2.83. The number of halogens is 1. The number of benzene rings is 3. The first kappa shape index (κ1) is 23.8. The van der Waals surface area contributed by atoms with E-state index in [1.165, 1.54) is 11.8 Å². The van der Waals surface area contributed by atoms with E-state index < -0.39 is 5.97 Å². The second-order valence-corrected chi connectivity index (χ2v) is 8.64. The minimum absolute atomic E-state index is 0.0383. The highest BCUT2D eigenvalue weighted by atomic mass is 35.5. The van der Waals surface area contributed by atoms with Crippen molar-refractivity contribution in [2.75, 3.05) is 12.4 Å². The number of hydrogen-bond acceptors (Lipinski definition) is 5. The molecule has 0 bridgehead atoms. The van der Waals surface area contributed by atoms with Crippen LogP contribution in [0.1, 0.15) is 18.9 Å². The molecule has 1 atom stereocenters. The van der Waals surface area contributed by atoms with Crippen LogP contribution >= 0.6 is 23.4 Å². The Labute approximate surface area is 197 Å². The van der Waals surface area contributed by atoms with E-state index in [1.807, 2.05) is 62.4 Å². The number of carboxylic acids is 1. The molecule has 0 amide bonds. The van der Waals surface area contributed by atoms with Gasteiger partial charge in [0.05, 0.1) is 18.5 Å². The summed E-state index contributed by atoms with van der Waals surface area (Å²) in [5.74, 6) is 1.82. The Morgan fingerprint density at radius 1 is 1.03 bits per heavy atom. The van der Waals surface area contributed by atoms with Crippen LogP contribution in [-0.2, 0) is 4.79 Å². The predicted molar refractivity (Wildman–Crippen MR) is 128 cm³/mol. The zero-order valence-electron chi connectivity index (χ0n) is 17.9. The zero-order valence-corrected chi connectivity index (χ0v) is 19.5. The van der Waals surface area contributed by atoms with Crippen LogP contribution in [-0.4, -0.2) is 29.5 Å². The first-order valence-corrected chi connectivity index (χ1v) is 11.5. The van der Waals surface area contributed by atoms with Crippen LogP contribution in [0.15, 0.2) is 71.6 Å². The second kappa shape index (κ2) is 11.7. The maximum absolute atomic E-state index is 10.7. The Morgan fingerprint density at radius 2 is 1.81 bits per heavy atom. The fraction of sp³-hybridized carbons (Fsp3) is 0.240. The molecule has 0 spiro atoms. The van der Waals surface area contributed by atoms with Crippen molar-refractivity contribution in [2.24, 2.45) is 0 Å². The van der Waals surface area contributed by atoms with E-state index in [4.69, 9.17) is 30.9 Å². The van der Waals surface area contributed by atoms with Gasteiger partial charge in [0, 0.05) is 22.4 Å². The summed E-state index contributed by atoms with van der Waals surface area (Å²) in [6, 6.07) is 20.4. The number of para-hydroxylation sites is 1. The highest BCUT2D eigenvalue weighted by molar-refractivity contribution is 8.00. The summed E-state index contributed by atoms with van der Waals surface area (Å²) >= 11 is 7.44. The van der Waals surface area contributed by atoms with Crippen LogP contribution in [0.5, 0.6) is 23.0 Å². The zero-order chi connectivity index (χ0) is 22.9. The minimum atomic E-state index is -0.832. The Bertz CT molecular complexity index is 1040. The largest absolute Gasteiger partial charge is 0.493 e. The molecule has 0 aliphatic rings. The van der Waals surface area contributed by atoms with Gasteiger partial charge in [0.1, 0.15) is 11.5 Å². The Morgan fingerprint density at radius 3 is 2.53 bits per heavy atom. The normalized spacial score (nSPS) is 11.6.